The van der Waals surface area contributed by atoms with Crippen LogP contribution in [0.15, 0.2) is 33.9 Å². The van der Waals surface area contributed by atoms with Gasteiger partial charge in [-0.15, -0.1) is 0 Å². The molecule has 2 aromatic heterocycles. The summed E-state index contributed by atoms with van der Waals surface area (Å²) in [4.78, 5) is 28.7. The predicted octanol–water partition coefficient (Wildman–Crippen LogP) is 1.46. The van der Waals surface area contributed by atoms with Crippen LogP contribution in [0.2, 0.25) is 0 Å². The largest absolute Gasteiger partial charge is 0.390 e. The third-order valence-corrected chi connectivity index (χ3v) is 4.13. The molecule has 0 bridgehead atoms. The molecule has 0 aliphatic rings. The van der Waals surface area contributed by atoms with Gasteiger partial charge in [0.25, 0.3) is 5.56 Å². The Kier molecular flexibility index (Phi) is 4.11. The van der Waals surface area contributed by atoms with Crippen molar-refractivity contribution in [3.05, 3.63) is 61.9 Å². The molecule has 0 radical (unpaired) electrons. The van der Waals surface area contributed by atoms with E-state index in [1.807, 2.05) is 45.0 Å². The Morgan fingerprint density at radius 1 is 1.17 bits per heavy atom. The van der Waals surface area contributed by atoms with Crippen molar-refractivity contribution in [1.29, 1.82) is 0 Å². The standard InChI is InChI=1S/C17H20N4O3/c1-9(2)14(11-6-4-10(3)5-7-11)21-15-13(12(8-22)20-21)16(23)19-17(24)18-15/h4-7,9,14,22H,8H2,1-3H3,(H2,18,19,23,24). The van der Waals surface area contributed by atoms with Crippen LogP contribution in [0.1, 0.15) is 36.7 Å². The quantitative estimate of drug-likeness (QED) is 0.674. The number of aliphatic hydroxyl groups excluding tert-OH is 1. The number of aromatic amines is 2. The van der Waals surface area contributed by atoms with Crippen molar-refractivity contribution in [3.8, 4) is 0 Å². The van der Waals surface area contributed by atoms with E-state index in [4.69, 9.17) is 0 Å². The van der Waals surface area contributed by atoms with Gasteiger partial charge >= 0.3 is 5.69 Å². The molecular formula is C17H20N4O3. The number of nitrogens with zero attached hydrogens (tertiary/aromatic N) is 2. The van der Waals surface area contributed by atoms with Crippen LogP contribution in [0.3, 0.4) is 0 Å². The number of H-pyrrole nitrogens is 2. The summed E-state index contributed by atoms with van der Waals surface area (Å²) in [5.74, 6) is 0.158. The van der Waals surface area contributed by atoms with Crippen molar-refractivity contribution in [2.24, 2.45) is 5.92 Å². The Hall–Kier alpha value is -2.67. The third-order valence-electron chi connectivity index (χ3n) is 4.13. The first-order valence-corrected chi connectivity index (χ1v) is 7.83. The van der Waals surface area contributed by atoms with Crippen molar-refractivity contribution in [2.45, 2.75) is 33.4 Å². The molecule has 7 heteroatoms. The predicted molar refractivity (Wildman–Crippen MR) is 91.1 cm³/mol. The first-order valence-electron chi connectivity index (χ1n) is 7.83. The zero-order valence-corrected chi connectivity index (χ0v) is 13.8. The second kappa shape index (κ2) is 6.09. The lowest BCUT2D eigenvalue weighted by Crippen LogP contribution is -2.24. The van der Waals surface area contributed by atoms with Gasteiger partial charge in [-0.25, -0.2) is 9.48 Å². The molecule has 3 aromatic rings. The van der Waals surface area contributed by atoms with E-state index in [9.17, 15) is 14.7 Å². The molecule has 126 valence electrons. The maximum Gasteiger partial charge on any atom is 0.327 e. The van der Waals surface area contributed by atoms with Crippen molar-refractivity contribution < 1.29 is 5.11 Å². The Bertz CT molecular complexity index is 980. The monoisotopic (exact) mass is 328 g/mol. The molecule has 3 N–H and O–H groups in total. The summed E-state index contributed by atoms with van der Waals surface area (Å²) in [5.41, 5.74) is 1.60. The molecule has 0 saturated heterocycles. The van der Waals surface area contributed by atoms with Crippen molar-refractivity contribution in [1.82, 2.24) is 19.7 Å². The number of fused-ring (bicyclic) bond motifs is 1. The first-order chi connectivity index (χ1) is 11.4. The van der Waals surface area contributed by atoms with Gasteiger partial charge in [0.1, 0.15) is 16.7 Å². The Balaban J connectivity index is 2.31. The highest BCUT2D eigenvalue weighted by Crippen LogP contribution is 2.29. The zero-order valence-electron chi connectivity index (χ0n) is 13.8. The number of nitrogens with one attached hydrogen (secondary N) is 2. The molecule has 3 rings (SSSR count). The summed E-state index contributed by atoms with van der Waals surface area (Å²) in [6, 6.07) is 7.87. The molecule has 0 amide bonds. The Labute approximate surface area is 138 Å². The van der Waals surface area contributed by atoms with Gasteiger partial charge in [0, 0.05) is 0 Å². The van der Waals surface area contributed by atoms with Gasteiger partial charge in [0.2, 0.25) is 0 Å². The first kappa shape index (κ1) is 16.2. The average molecular weight is 328 g/mol. The second-order valence-corrected chi connectivity index (χ2v) is 6.28. The van der Waals surface area contributed by atoms with Crippen LogP contribution in [0.25, 0.3) is 11.0 Å². The van der Waals surface area contributed by atoms with E-state index in [-0.39, 0.29) is 29.6 Å². The van der Waals surface area contributed by atoms with Gasteiger partial charge in [-0.1, -0.05) is 43.7 Å². The molecule has 1 atom stereocenters. The lowest BCUT2D eigenvalue weighted by Gasteiger charge is -2.22. The molecule has 0 aliphatic carbocycles. The van der Waals surface area contributed by atoms with E-state index in [0.717, 1.165) is 11.1 Å². The fourth-order valence-corrected chi connectivity index (χ4v) is 3.03. The number of aromatic nitrogens is 4. The molecule has 1 unspecified atom stereocenters. The fourth-order valence-electron chi connectivity index (χ4n) is 3.03. The number of benzene rings is 1. The van der Waals surface area contributed by atoms with Gasteiger partial charge in [0.05, 0.1) is 12.6 Å². The summed E-state index contributed by atoms with van der Waals surface area (Å²) in [5, 5.41) is 14.2. The van der Waals surface area contributed by atoms with Gasteiger partial charge in [0.15, 0.2) is 0 Å². The van der Waals surface area contributed by atoms with Gasteiger partial charge < -0.3 is 5.11 Å². The summed E-state index contributed by atoms with van der Waals surface area (Å²) in [7, 11) is 0. The number of rotatable bonds is 4. The molecule has 24 heavy (non-hydrogen) atoms. The smallest absolute Gasteiger partial charge is 0.327 e. The van der Waals surface area contributed by atoms with Crippen LogP contribution in [0.4, 0.5) is 0 Å². The van der Waals surface area contributed by atoms with Gasteiger partial charge in [-0.3, -0.25) is 14.8 Å². The second-order valence-electron chi connectivity index (χ2n) is 6.28. The summed E-state index contributed by atoms with van der Waals surface area (Å²) < 4.78 is 1.63. The molecule has 2 heterocycles. The van der Waals surface area contributed by atoms with Crippen molar-refractivity contribution in [2.75, 3.05) is 0 Å². The molecule has 0 saturated carbocycles. The number of hydrogen-bond donors (Lipinski definition) is 3. The zero-order chi connectivity index (χ0) is 17.4. The molecule has 0 aliphatic heterocycles. The van der Waals surface area contributed by atoms with E-state index < -0.39 is 11.2 Å². The third kappa shape index (κ3) is 2.67. The van der Waals surface area contributed by atoms with E-state index >= 15 is 0 Å². The molecule has 7 nitrogen and oxygen atoms in total. The van der Waals surface area contributed by atoms with Crippen LogP contribution in [0.5, 0.6) is 0 Å². The number of aliphatic hydroxyl groups is 1. The average Bonchev–Trinajstić information content (AvgIpc) is 2.88. The minimum atomic E-state index is -0.593. The highest BCUT2D eigenvalue weighted by atomic mass is 16.3. The van der Waals surface area contributed by atoms with Crippen molar-refractivity contribution >= 4 is 11.0 Å². The van der Waals surface area contributed by atoms with Crippen LogP contribution >= 0.6 is 0 Å². The lowest BCUT2D eigenvalue weighted by molar-refractivity contribution is 0.274. The topological polar surface area (TPSA) is 104 Å². The fraction of sp³-hybridized carbons (Fsp3) is 0.353. The minimum Gasteiger partial charge on any atom is -0.390 e. The summed E-state index contributed by atoms with van der Waals surface area (Å²) in [6.45, 7) is 5.72. The van der Waals surface area contributed by atoms with Crippen LogP contribution < -0.4 is 11.2 Å². The summed E-state index contributed by atoms with van der Waals surface area (Å²) >= 11 is 0. The molecule has 0 spiro atoms. The molecule has 1 aromatic carbocycles. The number of hydrogen-bond acceptors (Lipinski definition) is 4. The van der Waals surface area contributed by atoms with Crippen LogP contribution in [0, 0.1) is 12.8 Å². The minimum absolute atomic E-state index is 0.158. The Morgan fingerprint density at radius 3 is 2.42 bits per heavy atom. The molecule has 0 fully saturated rings. The summed E-state index contributed by atoms with van der Waals surface area (Å²) in [6.07, 6.45) is 0. The van der Waals surface area contributed by atoms with E-state index in [1.165, 1.54) is 0 Å². The maximum atomic E-state index is 12.1. The highest BCUT2D eigenvalue weighted by molar-refractivity contribution is 5.77. The lowest BCUT2D eigenvalue weighted by atomic mass is 9.95. The van der Waals surface area contributed by atoms with Crippen LogP contribution in [-0.4, -0.2) is 24.9 Å². The van der Waals surface area contributed by atoms with Crippen molar-refractivity contribution in [3.63, 3.8) is 0 Å². The maximum absolute atomic E-state index is 12.1. The SMILES string of the molecule is Cc1ccc(C(C(C)C)n2nc(CO)c3c(=O)[nH]c(=O)[nH]c32)cc1. The molecular weight excluding hydrogens is 308 g/mol. The van der Waals surface area contributed by atoms with Crippen LogP contribution in [-0.2, 0) is 6.61 Å². The Morgan fingerprint density at radius 2 is 1.83 bits per heavy atom. The van der Waals surface area contributed by atoms with Gasteiger partial charge in [-0.05, 0) is 18.4 Å². The van der Waals surface area contributed by atoms with E-state index in [1.54, 1.807) is 4.68 Å². The normalized spacial score (nSPS) is 12.9. The van der Waals surface area contributed by atoms with E-state index in [2.05, 4.69) is 15.1 Å². The highest BCUT2D eigenvalue weighted by Gasteiger charge is 2.24. The van der Waals surface area contributed by atoms with E-state index in [0.29, 0.717) is 5.65 Å². The van der Waals surface area contributed by atoms with Gasteiger partial charge in [-0.2, -0.15) is 5.10 Å². The number of aryl methyl sites for hydroxylation is 1.